The number of hydrogen-bond acceptors (Lipinski definition) is 2. The van der Waals surface area contributed by atoms with Crippen molar-refractivity contribution in [2.45, 2.75) is 26.8 Å². The fraction of sp³-hybridized carbons (Fsp3) is 0.625. The van der Waals surface area contributed by atoms with E-state index in [4.69, 9.17) is 0 Å². The van der Waals surface area contributed by atoms with Crippen molar-refractivity contribution in [3.8, 4) is 0 Å². The lowest BCUT2D eigenvalue weighted by Crippen LogP contribution is -2.45. The Morgan fingerprint density at radius 3 is 2.18 bits per heavy atom. The van der Waals surface area contributed by atoms with Crippen LogP contribution in [-0.4, -0.2) is 23.6 Å². The first-order chi connectivity index (χ1) is 4.95. The highest BCUT2D eigenvalue weighted by Gasteiger charge is 2.07. The van der Waals surface area contributed by atoms with Gasteiger partial charge in [0.1, 0.15) is 6.09 Å². The predicted molar refractivity (Wildman–Crippen MR) is 42.1 cm³/mol. The number of nitrogens with zero attached hydrogens (tertiary/aromatic N) is 1. The van der Waals surface area contributed by atoms with Gasteiger partial charge in [-0.2, -0.15) is 0 Å². The van der Waals surface area contributed by atoms with Crippen LogP contribution in [0.1, 0.15) is 20.8 Å². The van der Waals surface area contributed by atoms with Gasteiger partial charge >= 0.3 is 0 Å². The zero-order chi connectivity index (χ0) is 9.02. The number of carbonyl (C=O) groups excluding carboxylic acids is 1. The van der Waals surface area contributed by atoms with Gasteiger partial charge in [0.15, 0.2) is 0 Å². The van der Waals surface area contributed by atoms with Crippen molar-refractivity contribution in [1.29, 1.82) is 0 Å². The minimum atomic E-state index is -1.14. The van der Waals surface area contributed by atoms with E-state index in [1.54, 1.807) is 20.8 Å². The zero-order valence-corrected chi connectivity index (χ0v) is 7.26. The molecule has 0 bridgehead atoms. The van der Waals surface area contributed by atoms with E-state index in [0.29, 0.717) is 6.54 Å². The van der Waals surface area contributed by atoms with E-state index in [2.05, 4.69) is 6.58 Å². The van der Waals surface area contributed by atoms with Gasteiger partial charge in [-0.1, -0.05) is 12.2 Å². The summed E-state index contributed by atoms with van der Waals surface area (Å²) < 4.78 is 0. The summed E-state index contributed by atoms with van der Waals surface area (Å²) in [5.41, 5.74) is 0.822. The van der Waals surface area contributed by atoms with Crippen molar-refractivity contribution in [3.05, 3.63) is 12.2 Å². The summed E-state index contributed by atoms with van der Waals surface area (Å²) in [7, 11) is 0. The Morgan fingerprint density at radius 1 is 1.64 bits per heavy atom. The van der Waals surface area contributed by atoms with Gasteiger partial charge in [0, 0.05) is 12.6 Å². The van der Waals surface area contributed by atoms with Crippen molar-refractivity contribution in [3.63, 3.8) is 0 Å². The van der Waals surface area contributed by atoms with Crippen molar-refractivity contribution >= 4 is 6.09 Å². The molecule has 0 N–H and O–H groups in total. The van der Waals surface area contributed by atoms with Gasteiger partial charge in [-0.15, -0.1) is 0 Å². The molecule has 0 aliphatic rings. The van der Waals surface area contributed by atoms with Gasteiger partial charge in [-0.05, 0) is 20.8 Å². The summed E-state index contributed by atoms with van der Waals surface area (Å²) in [4.78, 5) is 11.7. The SMILES string of the molecule is C=C(C)CN(C(=O)[O-])C(C)C. The predicted octanol–water partition coefficient (Wildman–Crippen LogP) is 0.616. The van der Waals surface area contributed by atoms with E-state index in [-0.39, 0.29) is 6.04 Å². The van der Waals surface area contributed by atoms with Gasteiger partial charge in [0.2, 0.25) is 0 Å². The molecule has 0 aromatic heterocycles. The molecule has 0 atom stereocenters. The van der Waals surface area contributed by atoms with Gasteiger partial charge in [0.25, 0.3) is 0 Å². The van der Waals surface area contributed by atoms with Crippen molar-refractivity contribution in [1.82, 2.24) is 4.90 Å². The van der Waals surface area contributed by atoms with Crippen LogP contribution in [0.5, 0.6) is 0 Å². The van der Waals surface area contributed by atoms with E-state index in [9.17, 15) is 9.90 Å². The molecular formula is C8H14NO2-. The van der Waals surface area contributed by atoms with Crippen LogP contribution in [0, 0.1) is 0 Å². The maximum absolute atomic E-state index is 10.5. The molecule has 0 aliphatic heterocycles. The number of rotatable bonds is 3. The fourth-order valence-corrected chi connectivity index (χ4v) is 0.749. The molecule has 0 aromatic rings. The Hall–Kier alpha value is -0.990. The molecule has 3 nitrogen and oxygen atoms in total. The number of carbonyl (C=O) groups is 1. The number of carboxylic acid groups (broad SMARTS) is 1. The largest absolute Gasteiger partial charge is 0.530 e. The number of hydrogen-bond donors (Lipinski definition) is 0. The Labute approximate surface area is 67.3 Å². The summed E-state index contributed by atoms with van der Waals surface area (Å²) in [5, 5.41) is 10.5. The highest BCUT2D eigenvalue weighted by atomic mass is 16.4. The lowest BCUT2D eigenvalue weighted by atomic mass is 10.2. The molecule has 3 heteroatoms. The Morgan fingerprint density at radius 2 is 2.09 bits per heavy atom. The molecule has 1 amide bonds. The summed E-state index contributed by atoms with van der Waals surface area (Å²) in [6.45, 7) is 9.39. The molecule has 11 heavy (non-hydrogen) atoms. The Bertz CT molecular complexity index is 163. The van der Waals surface area contributed by atoms with E-state index < -0.39 is 6.09 Å². The van der Waals surface area contributed by atoms with Crippen molar-refractivity contribution < 1.29 is 9.90 Å². The summed E-state index contributed by atoms with van der Waals surface area (Å²) in [6.07, 6.45) is -1.14. The zero-order valence-electron chi connectivity index (χ0n) is 7.26. The highest BCUT2D eigenvalue weighted by Crippen LogP contribution is 2.00. The lowest BCUT2D eigenvalue weighted by Gasteiger charge is -2.29. The van der Waals surface area contributed by atoms with Gasteiger partial charge in [-0.3, -0.25) is 0 Å². The molecule has 0 aromatic carbocycles. The minimum absolute atomic E-state index is 0.0447. The van der Waals surface area contributed by atoms with Crippen LogP contribution < -0.4 is 5.11 Å². The monoisotopic (exact) mass is 156 g/mol. The van der Waals surface area contributed by atoms with Crippen LogP contribution in [0.2, 0.25) is 0 Å². The third kappa shape index (κ3) is 3.65. The maximum Gasteiger partial charge on any atom is 0.137 e. The second-order valence-corrected chi connectivity index (χ2v) is 2.94. The quantitative estimate of drug-likeness (QED) is 0.562. The van der Waals surface area contributed by atoms with Crippen LogP contribution in [0.25, 0.3) is 0 Å². The first-order valence-electron chi connectivity index (χ1n) is 3.57. The number of amides is 1. The second kappa shape index (κ2) is 4.01. The topological polar surface area (TPSA) is 43.4 Å². The standard InChI is InChI=1S/C8H15NO2/c1-6(2)5-9(7(3)4)8(10)11/h7H,1,5H2,2-4H3,(H,10,11)/p-1. The third-order valence-corrected chi connectivity index (χ3v) is 1.30. The molecule has 0 spiro atoms. The molecule has 0 rings (SSSR count). The lowest BCUT2D eigenvalue weighted by molar-refractivity contribution is -0.266. The van der Waals surface area contributed by atoms with Gasteiger partial charge < -0.3 is 14.8 Å². The summed E-state index contributed by atoms with van der Waals surface area (Å²) >= 11 is 0. The van der Waals surface area contributed by atoms with E-state index in [1.165, 1.54) is 4.90 Å². The van der Waals surface area contributed by atoms with Gasteiger partial charge in [0.05, 0.1) is 0 Å². The maximum atomic E-state index is 10.5. The summed E-state index contributed by atoms with van der Waals surface area (Å²) in [6, 6.07) is -0.0447. The first kappa shape index (κ1) is 10.0. The average molecular weight is 156 g/mol. The van der Waals surface area contributed by atoms with Crippen LogP contribution in [-0.2, 0) is 0 Å². The molecule has 0 radical (unpaired) electrons. The molecule has 0 heterocycles. The van der Waals surface area contributed by atoms with E-state index in [0.717, 1.165) is 5.57 Å². The molecule has 0 aliphatic carbocycles. The molecule has 0 saturated carbocycles. The van der Waals surface area contributed by atoms with Crippen molar-refractivity contribution in [2.75, 3.05) is 6.54 Å². The molecule has 0 saturated heterocycles. The van der Waals surface area contributed by atoms with Crippen LogP contribution in [0.4, 0.5) is 4.79 Å². The first-order valence-corrected chi connectivity index (χ1v) is 3.57. The summed E-state index contributed by atoms with van der Waals surface area (Å²) in [5.74, 6) is 0. The normalized spacial score (nSPS) is 9.82. The second-order valence-electron chi connectivity index (χ2n) is 2.94. The average Bonchev–Trinajstić information content (AvgIpc) is 1.81. The molecular weight excluding hydrogens is 142 g/mol. The van der Waals surface area contributed by atoms with Crippen LogP contribution in [0.3, 0.4) is 0 Å². The van der Waals surface area contributed by atoms with Gasteiger partial charge in [-0.25, -0.2) is 0 Å². The third-order valence-electron chi connectivity index (χ3n) is 1.30. The van der Waals surface area contributed by atoms with E-state index in [1.807, 2.05) is 0 Å². The van der Waals surface area contributed by atoms with Crippen LogP contribution in [0.15, 0.2) is 12.2 Å². The minimum Gasteiger partial charge on any atom is -0.530 e. The van der Waals surface area contributed by atoms with E-state index >= 15 is 0 Å². The Balaban J connectivity index is 4.12. The molecule has 0 unspecified atom stereocenters. The smallest absolute Gasteiger partial charge is 0.137 e. The molecule has 0 fully saturated rings. The Kier molecular flexibility index (Phi) is 3.65. The highest BCUT2D eigenvalue weighted by molar-refractivity contribution is 5.63. The van der Waals surface area contributed by atoms with Crippen molar-refractivity contribution in [2.24, 2.45) is 0 Å². The fourth-order valence-electron chi connectivity index (χ4n) is 0.749. The molecule has 64 valence electrons. The van der Waals surface area contributed by atoms with Crippen LogP contribution >= 0.6 is 0 Å².